The number of halogens is 1. The molecule has 2 rings (SSSR count). The van der Waals surface area contributed by atoms with Gasteiger partial charge in [-0.05, 0) is 32.9 Å². The summed E-state index contributed by atoms with van der Waals surface area (Å²) in [5.74, 6) is 0.512. The van der Waals surface area contributed by atoms with Crippen LogP contribution in [0.3, 0.4) is 0 Å². The summed E-state index contributed by atoms with van der Waals surface area (Å²) in [6, 6.07) is 9.40. The van der Waals surface area contributed by atoms with Crippen molar-refractivity contribution in [2.24, 2.45) is 4.99 Å². The lowest BCUT2D eigenvalue weighted by atomic mass is 10.0. The predicted octanol–water partition coefficient (Wildman–Crippen LogP) is 1.91. The minimum Gasteiger partial charge on any atom is -0.379 e. The number of anilines is 1. The van der Waals surface area contributed by atoms with Crippen molar-refractivity contribution in [3.63, 3.8) is 0 Å². The summed E-state index contributed by atoms with van der Waals surface area (Å²) in [7, 11) is 0. The summed E-state index contributed by atoms with van der Waals surface area (Å²) in [5, 5.41) is 9.39. The summed E-state index contributed by atoms with van der Waals surface area (Å²) in [6.07, 6.45) is 0. The fourth-order valence-electron chi connectivity index (χ4n) is 2.80. The van der Waals surface area contributed by atoms with Gasteiger partial charge < -0.3 is 20.7 Å². The maximum Gasteiger partial charge on any atom is 0.246 e. The molecule has 1 heterocycles. The number of guanidine groups is 1. The Balaban J connectivity index is 0.00000364. The van der Waals surface area contributed by atoms with Crippen LogP contribution >= 0.6 is 24.0 Å². The van der Waals surface area contributed by atoms with Crippen molar-refractivity contribution >= 4 is 41.5 Å². The van der Waals surface area contributed by atoms with Crippen LogP contribution in [-0.2, 0) is 9.53 Å². The molecular weight excluding hydrogens is 457 g/mol. The highest BCUT2D eigenvalue weighted by molar-refractivity contribution is 14.0. The minimum atomic E-state index is -0.138. The molecular formula is C19H32IN5O2. The van der Waals surface area contributed by atoms with E-state index in [2.05, 4.69) is 39.7 Å². The fourth-order valence-corrected chi connectivity index (χ4v) is 2.80. The molecule has 1 aromatic rings. The van der Waals surface area contributed by atoms with Gasteiger partial charge in [-0.1, -0.05) is 18.2 Å². The van der Waals surface area contributed by atoms with Crippen molar-refractivity contribution in [1.29, 1.82) is 0 Å². The topological polar surface area (TPSA) is 78.0 Å². The van der Waals surface area contributed by atoms with E-state index in [9.17, 15) is 4.79 Å². The van der Waals surface area contributed by atoms with Crippen molar-refractivity contribution in [3.05, 3.63) is 30.3 Å². The van der Waals surface area contributed by atoms with Crippen molar-refractivity contribution in [1.82, 2.24) is 15.5 Å². The zero-order valence-corrected chi connectivity index (χ0v) is 18.8. The van der Waals surface area contributed by atoms with Gasteiger partial charge in [0, 0.05) is 37.4 Å². The molecule has 1 aliphatic rings. The molecule has 1 amide bonds. The van der Waals surface area contributed by atoms with E-state index in [1.807, 2.05) is 37.3 Å². The molecule has 0 spiro atoms. The molecule has 0 radical (unpaired) electrons. The van der Waals surface area contributed by atoms with Crippen LogP contribution < -0.4 is 16.0 Å². The lowest BCUT2D eigenvalue weighted by Gasteiger charge is -2.41. The number of carbonyl (C=O) groups is 1. The Labute approximate surface area is 179 Å². The SMILES string of the molecule is CCNC(=NCC(=O)Nc1ccccc1)NCC(C)(C)N1CCOCC1.I. The zero-order chi connectivity index (χ0) is 18.8. The van der Waals surface area contributed by atoms with Crippen molar-refractivity contribution in [3.8, 4) is 0 Å². The molecule has 7 nitrogen and oxygen atoms in total. The van der Waals surface area contributed by atoms with E-state index < -0.39 is 0 Å². The number of aliphatic imine (C=N–C) groups is 1. The molecule has 1 fully saturated rings. The highest BCUT2D eigenvalue weighted by atomic mass is 127. The van der Waals surface area contributed by atoms with Crippen LogP contribution in [0.2, 0.25) is 0 Å². The first kappa shape index (κ1) is 23.6. The van der Waals surface area contributed by atoms with Gasteiger partial charge in [0.05, 0.1) is 13.2 Å². The zero-order valence-electron chi connectivity index (χ0n) is 16.5. The smallest absolute Gasteiger partial charge is 0.246 e. The summed E-state index contributed by atoms with van der Waals surface area (Å²) in [6.45, 7) is 11.4. The molecule has 0 aliphatic carbocycles. The van der Waals surface area contributed by atoms with Crippen LogP contribution in [0.25, 0.3) is 0 Å². The van der Waals surface area contributed by atoms with Gasteiger partial charge in [-0.25, -0.2) is 4.99 Å². The lowest BCUT2D eigenvalue weighted by Crippen LogP contribution is -2.56. The number of benzene rings is 1. The Kier molecular flexibility index (Phi) is 10.6. The molecule has 0 unspecified atom stereocenters. The maximum atomic E-state index is 12.1. The number of hydrogen-bond acceptors (Lipinski definition) is 4. The second-order valence-electron chi connectivity index (χ2n) is 6.87. The van der Waals surface area contributed by atoms with Crippen molar-refractivity contribution in [2.75, 3.05) is 51.3 Å². The average molecular weight is 489 g/mol. The van der Waals surface area contributed by atoms with Gasteiger partial charge in [0.2, 0.25) is 5.91 Å². The van der Waals surface area contributed by atoms with Gasteiger partial charge >= 0.3 is 0 Å². The van der Waals surface area contributed by atoms with E-state index >= 15 is 0 Å². The minimum absolute atomic E-state index is 0. The highest BCUT2D eigenvalue weighted by Gasteiger charge is 2.28. The number of nitrogens with zero attached hydrogens (tertiary/aromatic N) is 2. The molecule has 0 saturated carbocycles. The molecule has 0 aromatic heterocycles. The number of nitrogens with one attached hydrogen (secondary N) is 3. The summed E-state index contributed by atoms with van der Waals surface area (Å²) in [5.41, 5.74) is 0.755. The second-order valence-corrected chi connectivity index (χ2v) is 6.87. The summed E-state index contributed by atoms with van der Waals surface area (Å²) in [4.78, 5) is 18.9. The number of rotatable bonds is 7. The predicted molar refractivity (Wildman–Crippen MR) is 121 cm³/mol. The standard InChI is InChI=1S/C19H31N5O2.HI/c1-4-20-18(21-14-17(25)23-16-8-6-5-7-9-16)22-15-19(2,3)24-10-12-26-13-11-24;/h5-9H,4,10-15H2,1-3H3,(H,23,25)(H2,20,21,22);1H. The third-order valence-corrected chi connectivity index (χ3v) is 4.34. The third-order valence-electron chi connectivity index (χ3n) is 4.34. The van der Waals surface area contributed by atoms with Gasteiger partial charge in [-0.3, -0.25) is 9.69 Å². The third kappa shape index (κ3) is 8.44. The number of carbonyl (C=O) groups excluding carboxylic acids is 1. The number of para-hydroxylation sites is 1. The van der Waals surface area contributed by atoms with Crippen LogP contribution in [0, 0.1) is 0 Å². The first-order valence-electron chi connectivity index (χ1n) is 9.21. The van der Waals surface area contributed by atoms with Crippen molar-refractivity contribution < 1.29 is 9.53 Å². The number of amides is 1. The molecule has 0 bridgehead atoms. The van der Waals surface area contributed by atoms with E-state index in [1.165, 1.54) is 0 Å². The molecule has 152 valence electrons. The summed E-state index contributed by atoms with van der Waals surface area (Å²) >= 11 is 0. The van der Waals surface area contributed by atoms with E-state index in [0.717, 1.165) is 45.1 Å². The molecule has 1 saturated heterocycles. The van der Waals surface area contributed by atoms with Crippen LogP contribution in [-0.4, -0.2) is 68.2 Å². The number of morpholine rings is 1. The van der Waals surface area contributed by atoms with Crippen LogP contribution in [0.1, 0.15) is 20.8 Å². The van der Waals surface area contributed by atoms with E-state index in [1.54, 1.807) is 0 Å². The number of ether oxygens (including phenoxy) is 1. The monoisotopic (exact) mass is 489 g/mol. The lowest BCUT2D eigenvalue weighted by molar-refractivity contribution is -0.114. The van der Waals surface area contributed by atoms with E-state index in [4.69, 9.17) is 4.74 Å². The first-order chi connectivity index (χ1) is 12.5. The molecule has 3 N–H and O–H groups in total. The van der Waals surface area contributed by atoms with Gasteiger partial charge in [0.15, 0.2) is 5.96 Å². The number of hydrogen-bond donors (Lipinski definition) is 3. The maximum absolute atomic E-state index is 12.1. The van der Waals surface area contributed by atoms with Gasteiger partial charge in [-0.2, -0.15) is 0 Å². The van der Waals surface area contributed by atoms with Gasteiger partial charge in [-0.15, -0.1) is 24.0 Å². The van der Waals surface area contributed by atoms with Crippen molar-refractivity contribution in [2.45, 2.75) is 26.3 Å². The summed E-state index contributed by atoms with van der Waals surface area (Å²) < 4.78 is 5.43. The molecule has 1 aromatic carbocycles. The Bertz CT molecular complexity index is 589. The Morgan fingerprint density at radius 1 is 1.19 bits per heavy atom. The molecule has 0 atom stereocenters. The van der Waals surface area contributed by atoms with Crippen LogP contribution in [0.15, 0.2) is 35.3 Å². The quantitative estimate of drug-likeness (QED) is 0.310. The van der Waals surface area contributed by atoms with Crippen LogP contribution in [0.4, 0.5) is 5.69 Å². The Hall–Kier alpha value is -1.39. The van der Waals surface area contributed by atoms with E-state index in [-0.39, 0.29) is 42.0 Å². The normalized spacial score (nSPS) is 15.6. The fraction of sp³-hybridized carbons (Fsp3) is 0.579. The average Bonchev–Trinajstić information content (AvgIpc) is 2.65. The van der Waals surface area contributed by atoms with E-state index in [0.29, 0.717) is 5.96 Å². The first-order valence-corrected chi connectivity index (χ1v) is 9.21. The second kappa shape index (κ2) is 12.1. The Morgan fingerprint density at radius 3 is 2.48 bits per heavy atom. The highest BCUT2D eigenvalue weighted by Crippen LogP contribution is 2.15. The van der Waals surface area contributed by atoms with Gasteiger partial charge in [0.1, 0.15) is 6.54 Å². The largest absolute Gasteiger partial charge is 0.379 e. The Morgan fingerprint density at radius 2 is 1.85 bits per heavy atom. The molecule has 27 heavy (non-hydrogen) atoms. The molecule has 8 heteroatoms. The van der Waals surface area contributed by atoms with Gasteiger partial charge in [0.25, 0.3) is 0 Å². The molecule has 1 aliphatic heterocycles. The van der Waals surface area contributed by atoms with Crippen LogP contribution in [0.5, 0.6) is 0 Å².